The SMILES string of the molecule is C/C(CC(=O)Nc1cccc(C(F)(F)F)c1)=N\NC(=O)c1ccc(I)cc1. The minimum absolute atomic E-state index is 0.0329. The van der Waals surface area contributed by atoms with Crippen molar-refractivity contribution in [2.45, 2.75) is 19.5 Å². The summed E-state index contributed by atoms with van der Waals surface area (Å²) in [6, 6.07) is 11.2. The third kappa shape index (κ3) is 6.66. The molecule has 5 nitrogen and oxygen atoms in total. The van der Waals surface area contributed by atoms with Crippen LogP contribution in [0.15, 0.2) is 53.6 Å². The Balaban J connectivity index is 1.92. The van der Waals surface area contributed by atoms with Crippen molar-refractivity contribution in [3.8, 4) is 0 Å². The molecule has 0 unspecified atom stereocenters. The molecule has 27 heavy (non-hydrogen) atoms. The number of alkyl halides is 3. The largest absolute Gasteiger partial charge is 0.416 e. The van der Waals surface area contributed by atoms with Crippen LogP contribution in [-0.4, -0.2) is 17.5 Å². The number of nitrogens with one attached hydrogen (secondary N) is 2. The van der Waals surface area contributed by atoms with Gasteiger partial charge in [0.15, 0.2) is 0 Å². The van der Waals surface area contributed by atoms with Gasteiger partial charge >= 0.3 is 6.18 Å². The molecule has 0 heterocycles. The van der Waals surface area contributed by atoms with E-state index in [0.29, 0.717) is 11.3 Å². The lowest BCUT2D eigenvalue weighted by Crippen LogP contribution is -2.21. The first-order valence-corrected chi connectivity index (χ1v) is 8.79. The number of rotatable bonds is 5. The molecule has 9 heteroatoms. The normalized spacial score (nSPS) is 11.8. The van der Waals surface area contributed by atoms with E-state index in [1.54, 1.807) is 24.3 Å². The highest BCUT2D eigenvalue weighted by molar-refractivity contribution is 14.1. The maximum Gasteiger partial charge on any atom is 0.416 e. The van der Waals surface area contributed by atoms with E-state index in [2.05, 4.69) is 38.4 Å². The third-order valence-electron chi connectivity index (χ3n) is 3.34. The summed E-state index contributed by atoms with van der Waals surface area (Å²) in [5, 5.41) is 6.21. The highest BCUT2D eigenvalue weighted by Crippen LogP contribution is 2.30. The van der Waals surface area contributed by atoms with Gasteiger partial charge in [-0.1, -0.05) is 6.07 Å². The first kappa shape index (κ1) is 20.9. The number of halogens is 4. The van der Waals surface area contributed by atoms with Gasteiger partial charge in [0, 0.05) is 20.5 Å². The van der Waals surface area contributed by atoms with Crippen LogP contribution in [-0.2, 0) is 11.0 Å². The predicted molar refractivity (Wildman–Crippen MR) is 104 cm³/mol. The average molecular weight is 489 g/mol. The van der Waals surface area contributed by atoms with Crippen LogP contribution >= 0.6 is 22.6 Å². The second-order valence-electron chi connectivity index (χ2n) is 5.60. The van der Waals surface area contributed by atoms with Crippen LogP contribution in [0.1, 0.15) is 29.3 Å². The summed E-state index contributed by atoms with van der Waals surface area (Å²) in [4.78, 5) is 23.9. The van der Waals surface area contributed by atoms with E-state index in [0.717, 1.165) is 15.7 Å². The second-order valence-corrected chi connectivity index (χ2v) is 6.84. The Labute approximate surface area is 167 Å². The molecule has 2 N–H and O–H groups in total. The third-order valence-corrected chi connectivity index (χ3v) is 4.06. The number of anilines is 1. The van der Waals surface area contributed by atoms with Crippen LogP contribution in [0.5, 0.6) is 0 Å². The zero-order chi connectivity index (χ0) is 20.0. The van der Waals surface area contributed by atoms with Gasteiger partial charge < -0.3 is 5.32 Å². The van der Waals surface area contributed by atoms with E-state index >= 15 is 0 Å². The molecule has 0 fully saturated rings. The van der Waals surface area contributed by atoms with Crippen LogP contribution in [0.3, 0.4) is 0 Å². The Hall–Kier alpha value is -2.43. The van der Waals surface area contributed by atoms with Crippen LogP contribution < -0.4 is 10.7 Å². The molecule has 0 saturated heterocycles. The maximum atomic E-state index is 12.7. The van der Waals surface area contributed by atoms with Gasteiger partial charge in [-0.3, -0.25) is 9.59 Å². The monoisotopic (exact) mass is 489 g/mol. The van der Waals surface area contributed by atoms with Gasteiger partial charge in [-0.2, -0.15) is 18.3 Å². The van der Waals surface area contributed by atoms with Crippen LogP contribution in [0, 0.1) is 3.57 Å². The Morgan fingerprint density at radius 3 is 2.41 bits per heavy atom. The van der Waals surface area contributed by atoms with E-state index in [-0.39, 0.29) is 12.1 Å². The Bertz CT molecular complexity index is 865. The summed E-state index contributed by atoms with van der Waals surface area (Å²) < 4.78 is 39.0. The van der Waals surface area contributed by atoms with Crippen molar-refractivity contribution >= 4 is 45.8 Å². The molecule has 0 aromatic heterocycles. The van der Waals surface area contributed by atoms with Gasteiger partial charge in [0.05, 0.1) is 12.0 Å². The van der Waals surface area contributed by atoms with Crippen molar-refractivity contribution in [1.82, 2.24) is 5.43 Å². The van der Waals surface area contributed by atoms with Crippen molar-refractivity contribution < 1.29 is 22.8 Å². The molecule has 0 aliphatic carbocycles. The lowest BCUT2D eigenvalue weighted by atomic mass is 10.2. The van der Waals surface area contributed by atoms with Crippen LogP contribution in [0.2, 0.25) is 0 Å². The molecule has 0 spiro atoms. The molecule has 0 aliphatic rings. The van der Waals surface area contributed by atoms with Crippen molar-refractivity contribution in [1.29, 1.82) is 0 Å². The highest BCUT2D eigenvalue weighted by Gasteiger charge is 2.30. The van der Waals surface area contributed by atoms with Crippen LogP contribution in [0.25, 0.3) is 0 Å². The van der Waals surface area contributed by atoms with E-state index in [1.807, 2.05) is 0 Å². The molecule has 2 aromatic carbocycles. The van der Waals surface area contributed by atoms with E-state index in [1.165, 1.54) is 19.1 Å². The second kappa shape index (κ2) is 8.98. The summed E-state index contributed by atoms with van der Waals surface area (Å²) in [6.07, 6.45) is -4.67. The van der Waals surface area contributed by atoms with Crippen molar-refractivity contribution in [3.63, 3.8) is 0 Å². The molecular formula is C18H15F3IN3O2. The van der Waals surface area contributed by atoms with Gasteiger partial charge in [-0.05, 0) is 72.0 Å². The molecule has 2 aromatic rings. The number of benzene rings is 2. The molecule has 2 rings (SSSR count). The van der Waals surface area contributed by atoms with Crippen molar-refractivity contribution in [3.05, 3.63) is 63.2 Å². The van der Waals surface area contributed by atoms with Crippen LogP contribution in [0.4, 0.5) is 18.9 Å². The highest BCUT2D eigenvalue weighted by atomic mass is 127. The van der Waals surface area contributed by atoms with Gasteiger partial charge in [-0.25, -0.2) is 5.43 Å². The summed E-state index contributed by atoms with van der Waals surface area (Å²) in [7, 11) is 0. The van der Waals surface area contributed by atoms with Gasteiger partial charge in [0.1, 0.15) is 0 Å². The number of hydrazone groups is 1. The number of hydrogen-bond donors (Lipinski definition) is 2. The molecule has 0 saturated carbocycles. The first-order valence-electron chi connectivity index (χ1n) is 7.71. The summed E-state index contributed by atoms with van der Waals surface area (Å²) >= 11 is 2.11. The number of carbonyl (C=O) groups is 2. The summed E-state index contributed by atoms with van der Waals surface area (Å²) in [6.45, 7) is 1.53. The average Bonchev–Trinajstić information content (AvgIpc) is 2.59. The fourth-order valence-electron chi connectivity index (χ4n) is 2.06. The zero-order valence-corrected chi connectivity index (χ0v) is 16.3. The maximum absolute atomic E-state index is 12.7. The van der Waals surface area contributed by atoms with Gasteiger partial charge in [0.2, 0.25) is 5.91 Å². The Kier molecular flexibility index (Phi) is 6.94. The van der Waals surface area contributed by atoms with Crippen molar-refractivity contribution in [2.75, 3.05) is 5.32 Å². The van der Waals surface area contributed by atoms with E-state index < -0.39 is 23.6 Å². The minimum atomic E-state index is -4.49. The topological polar surface area (TPSA) is 70.6 Å². The van der Waals surface area contributed by atoms with Crippen molar-refractivity contribution in [2.24, 2.45) is 5.10 Å². The first-order chi connectivity index (χ1) is 12.6. The fourth-order valence-corrected chi connectivity index (χ4v) is 2.42. The standard InChI is InChI=1S/C18H15F3IN3O2/c1-11(24-25-17(27)12-5-7-14(22)8-6-12)9-16(26)23-15-4-2-3-13(10-15)18(19,20)21/h2-8,10H,9H2,1H3,(H,23,26)(H,25,27)/b24-11+. The molecule has 2 amide bonds. The number of hydrogen-bond acceptors (Lipinski definition) is 3. The summed E-state index contributed by atoms with van der Waals surface area (Å²) in [5.41, 5.74) is 2.24. The van der Waals surface area contributed by atoms with Gasteiger partial charge in [0.25, 0.3) is 5.91 Å². The summed E-state index contributed by atoms with van der Waals surface area (Å²) in [5.74, 6) is -0.969. The smallest absolute Gasteiger partial charge is 0.326 e. The molecular weight excluding hydrogens is 474 g/mol. The fraction of sp³-hybridized carbons (Fsp3) is 0.167. The minimum Gasteiger partial charge on any atom is -0.326 e. The zero-order valence-electron chi connectivity index (χ0n) is 14.1. The van der Waals surface area contributed by atoms with E-state index in [9.17, 15) is 22.8 Å². The lowest BCUT2D eigenvalue weighted by Gasteiger charge is -2.10. The quantitative estimate of drug-likeness (QED) is 0.371. The van der Waals surface area contributed by atoms with Gasteiger partial charge in [-0.15, -0.1) is 0 Å². The Morgan fingerprint density at radius 1 is 1.11 bits per heavy atom. The molecule has 142 valence electrons. The number of carbonyl (C=O) groups excluding carboxylic acids is 2. The molecule has 0 bridgehead atoms. The number of nitrogens with zero attached hydrogens (tertiary/aromatic N) is 1. The number of amides is 2. The lowest BCUT2D eigenvalue weighted by molar-refractivity contribution is -0.137. The van der Waals surface area contributed by atoms with E-state index in [4.69, 9.17) is 0 Å². The molecule has 0 radical (unpaired) electrons. The molecule has 0 aliphatic heterocycles. The Morgan fingerprint density at radius 2 is 1.78 bits per heavy atom. The predicted octanol–water partition coefficient (Wildman–Crippen LogP) is 4.44. The molecule has 0 atom stereocenters.